The molecule has 1 aromatic heterocycles. The molecule has 0 spiro atoms. The van der Waals surface area contributed by atoms with Crippen LogP contribution in [0.25, 0.3) is 10.9 Å². The quantitative estimate of drug-likeness (QED) is 0.681. The first-order valence-corrected chi connectivity index (χ1v) is 6.21. The molecule has 3 aromatic rings. The van der Waals surface area contributed by atoms with E-state index in [-0.39, 0.29) is 5.75 Å². The lowest BCUT2D eigenvalue weighted by molar-refractivity contribution is 0.478. The summed E-state index contributed by atoms with van der Waals surface area (Å²) in [6.45, 7) is 0. The van der Waals surface area contributed by atoms with Gasteiger partial charge in [0.05, 0.1) is 21.9 Å². The number of phenolic OH excluding ortho intramolecular Hbond substituents is 1. The molecule has 0 saturated heterocycles. The molecule has 2 N–H and O–H groups in total. The van der Waals surface area contributed by atoms with Gasteiger partial charge in [-0.05, 0) is 30.3 Å². The highest BCUT2D eigenvalue weighted by atomic mass is 35.5. The maximum absolute atomic E-state index is 10.0. The van der Waals surface area contributed by atoms with Crippen molar-refractivity contribution in [2.45, 2.75) is 0 Å². The second-order valence-corrected chi connectivity index (χ2v) is 4.58. The molecular weight excluding hydrogens is 260 g/mol. The number of nitrogens with one attached hydrogen (secondary N) is 1. The fourth-order valence-electron chi connectivity index (χ4n) is 1.92. The minimum absolute atomic E-state index is 0.167. The summed E-state index contributed by atoms with van der Waals surface area (Å²) in [6.07, 6.45) is 1.72. The van der Waals surface area contributed by atoms with Crippen molar-refractivity contribution in [1.29, 1.82) is 0 Å². The van der Waals surface area contributed by atoms with Gasteiger partial charge in [0.1, 0.15) is 5.75 Å². The van der Waals surface area contributed by atoms with Gasteiger partial charge >= 0.3 is 0 Å². The molecular formula is C15H11ClN2O. The number of anilines is 2. The van der Waals surface area contributed by atoms with Gasteiger partial charge in [-0.3, -0.25) is 4.98 Å². The van der Waals surface area contributed by atoms with Crippen molar-refractivity contribution in [3.8, 4) is 5.75 Å². The molecule has 0 saturated carbocycles. The number of hydrogen-bond acceptors (Lipinski definition) is 3. The Hall–Kier alpha value is -2.26. The summed E-state index contributed by atoms with van der Waals surface area (Å²) in [4.78, 5) is 4.26. The summed E-state index contributed by atoms with van der Waals surface area (Å²) in [5.41, 5.74) is 2.14. The Balaban J connectivity index is 2.06. The normalized spacial score (nSPS) is 10.6. The minimum Gasteiger partial charge on any atom is -0.506 e. The fraction of sp³-hybridized carbons (Fsp3) is 0. The van der Waals surface area contributed by atoms with Crippen LogP contribution >= 0.6 is 11.6 Å². The third-order valence-electron chi connectivity index (χ3n) is 2.86. The van der Waals surface area contributed by atoms with E-state index in [4.69, 9.17) is 11.6 Å². The number of pyridine rings is 1. The largest absolute Gasteiger partial charge is 0.506 e. The second kappa shape index (κ2) is 4.78. The third-order valence-corrected chi connectivity index (χ3v) is 3.19. The lowest BCUT2D eigenvalue weighted by atomic mass is 10.2. The number of fused-ring (bicyclic) bond motifs is 1. The number of aromatic hydroxyl groups is 1. The maximum atomic E-state index is 10.0. The van der Waals surface area contributed by atoms with E-state index in [1.807, 2.05) is 30.3 Å². The van der Waals surface area contributed by atoms with Gasteiger partial charge in [0.25, 0.3) is 0 Å². The lowest BCUT2D eigenvalue weighted by Gasteiger charge is -2.10. The molecule has 0 amide bonds. The molecule has 0 fully saturated rings. The Morgan fingerprint density at radius 1 is 1.00 bits per heavy atom. The number of halogens is 1. The van der Waals surface area contributed by atoms with E-state index < -0.39 is 0 Å². The van der Waals surface area contributed by atoms with E-state index in [9.17, 15) is 5.11 Å². The zero-order valence-corrected chi connectivity index (χ0v) is 10.7. The summed E-state index contributed by atoms with van der Waals surface area (Å²) in [5.74, 6) is 0.167. The Morgan fingerprint density at radius 3 is 2.68 bits per heavy atom. The standard InChI is InChI=1S/C15H11ClN2O/c16-11-5-1-2-6-12(11)18-14-9-13-10(8-15(14)19)4-3-7-17-13/h1-9,18-19H. The summed E-state index contributed by atoms with van der Waals surface area (Å²) < 4.78 is 0. The zero-order chi connectivity index (χ0) is 13.2. The van der Waals surface area contributed by atoms with Crippen LogP contribution in [-0.2, 0) is 0 Å². The van der Waals surface area contributed by atoms with E-state index in [0.717, 1.165) is 16.6 Å². The van der Waals surface area contributed by atoms with Crippen molar-refractivity contribution in [2.24, 2.45) is 0 Å². The summed E-state index contributed by atoms with van der Waals surface area (Å²) in [5, 5.41) is 14.6. The first kappa shape index (κ1) is 11.8. The van der Waals surface area contributed by atoms with Gasteiger partial charge < -0.3 is 10.4 Å². The van der Waals surface area contributed by atoms with Crippen molar-refractivity contribution in [3.05, 3.63) is 59.8 Å². The van der Waals surface area contributed by atoms with Gasteiger partial charge in [-0.2, -0.15) is 0 Å². The number of rotatable bonds is 2. The number of para-hydroxylation sites is 1. The molecule has 0 aliphatic carbocycles. The number of nitrogens with zero attached hydrogens (tertiary/aromatic N) is 1. The van der Waals surface area contributed by atoms with E-state index in [1.165, 1.54) is 0 Å². The fourth-order valence-corrected chi connectivity index (χ4v) is 2.10. The predicted molar refractivity (Wildman–Crippen MR) is 78.1 cm³/mol. The molecule has 19 heavy (non-hydrogen) atoms. The van der Waals surface area contributed by atoms with Crippen molar-refractivity contribution < 1.29 is 5.11 Å². The predicted octanol–water partition coefficient (Wildman–Crippen LogP) is 4.34. The molecule has 94 valence electrons. The highest BCUT2D eigenvalue weighted by molar-refractivity contribution is 6.33. The van der Waals surface area contributed by atoms with Crippen LogP contribution in [0, 0.1) is 0 Å². The number of phenols is 1. The van der Waals surface area contributed by atoms with Gasteiger partial charge in [0.15, 0.2) is 0 Å². The second-order valence-electron chi connectivity index (χ2n) is 4.17. The molecule has 0 atom stereocenters. The first-order chi connectivity index (χ1) is 9.24. The summed E-state index contributed by atoms with van der Waals surface area (Å²) >= 11 is 6.08. The number of aromatic nitrogens is 1. The molecule has 0 aliphatic heterocycles. The van der Waals surface area contributed by atoms with Gasteiger partial charge in [-0.25, -0.2) is 0 Å². The van der Waals surface area contributed by atoms with Crippen LogP contribution in [0.1, 0.15) is 0 Å². The van der Waals surface area contributed by atoms with Crippen LogP contribution in [0.4, 0.5) is 11.4 Å². The molecule has 0 unspecified atom stereocenters. The molecule has 2 aromatic carbocycles. The zero-order valence-electron chi connectivity index (χ0n) is 9.97. The minimum atomic E-state index is 0.167. The highest BCUT2D eigenvalue weighted by Crippen LogP contribution is 2.33. The highest BCUT2D eigenvalue weighted by Gasteiger charge is 2.06. The maximum Gasteiger partial charge on any atom is 0.139 e. The SMILES string of the molecule is Oc1cc2cccnc2cc1Nc1ccccc1Cl. The monoisotopic (exact) mass is 270 g/mol. The molecule has 1 heterocycles. The molecule has 0 bridgehead atoms. The molecule has 0 radical (unpaired) electrons. The van der Waals surface area contributed by atoms with E-state index >= 15 is 0 Å². The van der Waals surface area contributed by atoms with Crippen LogP contribution < -0.4 is 5.32 Å². The molecule has 3 rings (SSSR count). The third kappa shape index (κ3) is 2.33. The van der Waals surface area contributed by atoms with Crippen LogP contribution in [0.15, 0.2) is 54.7 Å². The van der Waals surface area contributed by atoms with E-state index in [2.05, 4.69) is 10.3 Å². The van der Waals surface area contributed by atoms with Crippen LogP contribution in [0.3, 0.4) is 0 Å². The lowest BCUT2D eigenvalue weighted by Crippen LogP contribution is -1.92. The number of benzene rings is 2. The summed E-state index contributed by atoms with van der Waals surface area (Å²) in [7, 11) is 0. The molecule has 3 nitrogen and oxygen atoms in total. The van der Waals surface area contributed by atoms with Gasteiger partial charge in [-0.15, -0.1) is 0 Å². The van der Waals surface area contributed by atoms with Crippen molar-refractivity contribution >= 4 is 33.9 Å². The Morgan fingerprint density at radius 2 is 1.84 bits per heavy atom. The van der Waals surface area contributed by atoms with Crippen molar-refractivity contribution in [3.63, 3.8) is 0 Å². The number of hydrogen-bond donors (Lipinski definition) is 2. The topological polar surface area (TPSA) is 45.2 Å². The van der Waals surface area contributed by atoms with Crippen LogP contribution in [0.2, 0.25) is 5.02 Å². The van der Waals surface area contributed by atoms with E-state index in [1.54, 1.807) is 24.4 Å². The molecule has 4 heteroatoms. The molecule has 0 aliphatic rings. The average molecular weight is 271 g/mol. The van der Waals surface area contributed by atoms with Gasteiger partial charge in [0, 0.05) is 11.6 Å². The van der Waals surface area contributed by atoms with Crippen LogP contribution in [-0.4, -0.2) is 10.1 Å². The Bertz CT molecular complexity index is 743. The average Bonchev–Trinajstić information content (AvgIpc) is 2.42. The van der Waals surface area contributed by atoms with Crippen molar-refractivity contribution in [2.75, 3.05) is 5.32 Å². The summed E-state index contributed by atoms with van der Waals surface area (Å²) in [6, 6.07) is 14.6. The van der Waals surface area contributed by atoms with Crippen molar-refractivity contribution in [1.82, 2.24) is 4.98 Å². The van der Waals surface area contributed by atoms with Gasteiger partial charge in [0.2, 0.25) is 0 Å². The van der Waals surface area contributed by atoms with Crippen LogP contribution in [0.5, 0.6) is 5.75 Å². The first-order valence-electron chi connectivity index (χ1n) is 5.83. The van der Waals surface area contributed by atoms with Gasteiger partial charge in [-0.1, -0.05) is 29.8 Å². The van der Waals surface area contributed by atoms with E-state index in [0.29, 0.717) is 10.7 Å². The smallest absolute Gasteiger partial charge is 0.139 e. The Labute approximate surface area is 115 Å². The Kier molecular flexibility index (Phi) is 2.97.